The van der Waals surface area contributed by atoms with E-state index in [0.29, 0.717) is 32.5 Å². The molecule has 166 valence electrons. The molecule has 2 aliphatic heterocycles. The number of anilines is 1. The van der Waals surface area contributed by atoms with Gasteiger partial charge in [0, 0.05) is 44.2 Å². The van der Waals surface area contributed by atoms with Crippen molar-refractivity contribution in [3.63, 3.8) is 0 Å². The van der Waals surface area contributed by atoms with Crippen molar-refractivity contribution >= 4 is 17.5 Å². The van der Waals surface area contributed by atoms with Crippen LogP contribution >= 0.6 is 0 Å². The monoisotopic (exact) mass is 423 g/mol. The van der Waals surface area contributed by atoms with Crippen LogP contribution < -0.4 is 4.90 Å². The summed E-state index contributed by atoms with van der Waals surface area (Å²) >= 11 is 0. The Bertz CT molecular complexity index is 871. The number of aryl methyl sites for hydroxylation is 1. The number of hydrogen-bond donors (Lipinski definition) is 0. The normalized spacial score (nSPS) is 24.0. The van der Waals surface area contributed by atoms with E-state index in [1.807, 2.05) is 60.3 Å². The molecule has 0 spiro atoms. The maximum atomic E-state index is 13.5. The number of allylic oxidation sites excluding steroid dienone is 2. The first-order valence-electron chi connectivity index (χ1n) is 11.3. The van der Waals surface area contributed by atoms with Gasteiger partial charge in [-0.2, -0.15) is 0 Å². The topological polar surface area (TPSA) is 53.1 Å². The number of fused-ring (bicyclic) bond motifs is 1. The Morgan fingerprint density at radius 2 is 1.94 bits per heavy atom. The van der Waals surface area contributed by atoms with Gasteiger partial charge in [0.1, 0.15) is 0 Å². The number of hydrogen-bond acceptors (Lipinski definition) is 4. The van der Waals surface area contributed by atoms with Crippen LogP contribution in [0.1, 0.15) is 31.2 Å². The number of para-hydroxylation sites is 1. The van der Waals surface area contributed by atoms with Gasteiger partial charge in [-0.25, -0.2) is 0 Å². The number of likely N-dealkylation sites (N-methyl/N-ethyl adjacent to an activating group) is 1. The van der Waals surface area contributed by atoms with Crippen LogP contribution in [0.15, 0.2) is 48.6 Å². The number of nitrogens with zero attached hydrogens (tertiary/aromatic N) is 3. The van der Waals surface area contributed by atoms with E-state index >= 15 is 0 Å². The van der Waals surface area contributed by atoms with Crippen LogP contribution in [0.5, 0.6) is 0 Å². The molecule has 6 nitrogen and oxygen atoms in total. The molecule has 0 N–H and O–H groups in total. The minimum absolute atomic E-state index is 0.0377. The predicted molar refractivity (Wildman–Crippen MR) is 122 cm³/mol. The summed E-state index contributed by atoms with van der Waals surface area (Å²) < 4.78 is 6.17. The van der Waals surface area contributed by atoms with Gasteiger partial charge >= 0.3 is 0 Å². The highest BCUT2D eigenvalue weighted by Crippen LogP contribution is 2.33. The highest BCUT2D eigenvalue weighted by Gasteiger charge is 2.42. The molecule has 3 aliphatic rings. The maximum Gasteiger partial charge on any atom is 0.259 e. The van der Waals surface area contributed by atoms with Crippen molar-refractivity contribution in [2.45, 2.75) is 43.7 Å². The van der Waals surface area contributed by atoms with Gasteiger partial charge in [-0.3, -0.25) is 9.59 Å². The van der Waals surface area contributed by atoms with Crippen LogP contribution in [0.4, 0.5) is 5.69 Å². The summed E-state index contributed by atoms with van der Waals surface area (Å²) in [5.41, 5.74) is 1.38. The van der Waals surface area contributed by atoms with Gasteiger partial charge in [0.15, 0.2) is 5.60 Å². The molecule has 1 fully saturated rings. The predicted octanol–water partition coefficient (Wildman–Crippen LogP) is 2.79. The van der Waals surface area contributed by atoms with E-state index in [4.69, 9.17) is 4.74 Å². The molecule has 4 rings (SSSR count). The fourth-order valence-electron chi connectivity index (χ4n) is 4.79. The first kappa shape index (κ1) is 21.8. The van der Waals surface area contributed by atoms with Gasteiger partial charge in [0.2, 0.25) is 5.91 Å². The third-order valence-electron chi connectivity index (χ3n) is 6.54. The standard InChI is InChI=1S/C25H33N3O3/c1-26(2)18-19-31-25(14-6-3-7-15-25)24(30)27-16-12-21(13-17-27)28-22-9-5-4-8-20(22)10-11-23(28)29/h3-9,14,21H,10-13,15-19H2,1-2H3. The number of carbonyl (C=O) groups is 2. The molecule has 1 atom stereocenters. The quantitative estimate of drug-likeness (QED) is 0.706. The molecule has 1 aromatic carbocycles. The number of likely N-dealkylation sites (tertiary alicyclic amines) is 1. The van der Waals surface area contributed by atoms with Crippen molar-refractivity contribution in [2.75, 3.05) is 45.2 Å². The molecule has 0 bridgehead atoms. The van der Waals surface area contributed by atoms with E-state index in [9.17, 15) is 9.59 Å². The molecule has 1 unspecified atom stereocenters. The van der Waals surface area contributed by atoms with Crippen molar-refractivity contribution in [3.05, 3.63) is 54.1 Å². The van der Waals surface area contributed by atoms with E-state index in [1.54, 1.807) is 0 Å². The lowest BCUT2D eigenvalue weighted by Crippen LogP contribution is -2.55. The minimum atomic E-state index is -0.912. The van der Waals surface area contributed by atoms with Crippen LogP contribution in [0, 0.1) is 0 Å². The number of carbonyl (C=O) groups excluding carboxylic acids is 2. The molecule has 0 saturated carbocycles. The zero-order valence-electron chi connectivity index (χ0n) is 18.6. The Kier molecular flexibility index (Phi) is 6.58. The van der Waals surface area contributed by atoms with Gasteiger partial charge in [-0.15, -0.1) is 0 Å². The van der Waals surface area contributed by atoms with Crippen LogP contribution in [0.2, 0.25) is 0 Å². The molecule has 31 heavy (non-hydrogen) atoms. The molecule has 0 radical (unpaired) electrons. The first-order chi connectivity index (χ1) is 15.0. The van der Waals surface area contributed by atoms with Crippen LogP contribution in [-0.2, 0) is 20.7 Å². The third-order valence-corrected chi connectivity index (χ3v) is 6.54. The average Bonchev–Trinajstić information content (AvgIpc) is 2.79. The van der Waals surface area contributed by atoms with E-state index < -0.39 is 5.60 Å². The summed E-state index contributed by atoms with van der Waals surface area (Å²) in [5.74, 6) is 0.239. The van der Waals surface area contributed by atoms with E-state index in [0.717, 1.165) is 31.5 Å². The van der Waals surface area contributed by atoms with Gasteiger partial charge in [0.05, 0.1) is 6.61 Å². The number of piperidine rings is 1. The zero-order valence-corrected chi connectivity index (χ0v) is 18.6. The summed E-state index contributed by atoms with van der Waals surface area (Å²) in [6.45, 7) is 2.56. The van der Waals surface area contributed by atoms with Gasteiger partial charge < -0.3 is 19.4 Å². The highest BCUT2D eigenvalue weighted by atomic mass is 16.5. The lowest BCUT2D eigenvalue weighted by molar-refractivity contribution is -0.153. The van der Waals surface area contributed by atoms with Crippen LogP contribution in [0.25, 0.3) is 0 Å². The molecule has 1 aliphatic carbocycles. The Morgan fingerprint density at radius 3 is 2.65 bits per heavy atom. The van der Waals surface area contributed by atoms with Gasteiger partial charge in [0.25, 0.3) is 5.91 Å². The molecular weight excluding hydrogens is 390 g/mol. The fraction of sp³-hybridized carbons (Fsp3) is 0.520. The summed E-state index contributed by atoms with van der Waals surface area (Å²) in [5, 5.41) is 0. The smallest absolute Gasteiger partial charge is 0.259 e. The number of amides is 2. The Morgan fingerprint density at radius 1 is 1.16 bits per heavy atom. The number of ether oxygens (including phenoxy) is 1. The second kappa shape index (κ2) is 9.37. The van der Waals surface area contributed by atoms with E-state index in [2.05, 4.69) is 17.0 Å². The van der Waals surface area contributed by atoms with Crippen molar-refractivity contribution in [3.8, 4) is 0 Å². The van der Waals surface area contributed by atoms with Crippen LogP contribution in [-0.4, -0.2) is 73.6 Å². The summed E-state index contributed by atoms with van der Waals surface area (Å²) in [7, 11) is 4.00. The summed E-state index contributed by atoms with van der Waals surface area (Å²) in [6.07, 6.45) is 11.3. The van der Waals surface area contributed by atoms with Gasteiger partial charge in [-0.1, -0.05) is 36.4 Å². The molecule has 6 heteroatoms. The molecular formula is C25H33N3O3. The Hall–Kier alpha value is -2.44. The van der Waals surface area contributed by atoms with Crippen molar-refractivity contribution in [1.29, 1.82) is 0 Å². The highest BCUT2D eigenvalue weighted by molar-refractivity contribution is 5.97. The zero-order chi connectivity index (χ0) is 21.8. The average molecular weight is 424 g/mol. The first-order valence-corrected chi connectivity index (χ1v) is 11.3. The van der Waals surface area contributed by atoms with Crippen molar-refractivity contribution < 1.29 is 14.3 Å². The Balaban J connectivity index is 1.43. The summed E-state index contributed by atoms with van der Waals surface area (Å²) in [6, 6.07) is 8.35. The van der Waals surface area contributed by atoms with E-state index in [-0.39, 0.29) is 17.9 Å². The molecule has 2 amide bonds. The SMILES string of the molecule is CN(C)CCOC1(C(=O)N2CCC(N3C(=O)CCc4ccccc43)CC2)C=CC=CC1. The van der Waals surface area contributed by atoms with Crippen molar-refractivity contribution in [2.24, 2.45) is 0 Å². The van der Waals surface area contributed by atoms with Crippen LogP contribution in [0.3, 0.4) is 0 Å². The van der Waals surface area contributed by atoms with Crippen molar-refractivity contribution in [1.82, 2.24) is 9.80 Å². The number of rotatable bonds is 6. The summed E-state index contributed by atoms with van der Waals surface area (Å²) in [4.78, 5) is 32.2. The Labute approximate surface area is 185 Å². The third kappa shape index (κ3) is 4.60. The minimum Gasteiger partial charge on any atom is -0.359 e. The fourth-order valence-corrected chi connectivity index (χ4v) is 4.79. The number of benzene rings is 1. The molecule has 1 saturated heterocycles. The molecule has 1 aromatic rings. The largest absolute Gasteiger partial charge is 0.359 e. The molecule has 2 heterocycles. The lowest BCUT2D eigenvalue weighted by atomic mass is 9.91. The second-order valence-electron chi connectivity index (χ2n) is 8.95. The maximum absolute atomic E-state index is 13.5. The lowest BCUT2D eigenvalue weighted by Gasteiger charge is -2.43. The molecule has 0 aromatic heterocycles. The van der Waals surface area contributed by atoms with E-state index in [1.165, 1.54) is 5.56 Å². The second-order valence-corrected chi connectivity index (χ2v) is 8.95. The van der Waals surface area contributed by atoms with Gasteiger partial charge in [-0.05, 0) is 51.1 Å².